The highest BCUT2D eigenvalue weighted by Crippen LogP contribution is 2.46. The largest absolute Gasteiger partial charge is 0.469 e. The number of nitrogens with one attached hydrogen (secondary N) is 1. The molecule has 1 N–H and O–H groups in total. The van der Waals surface area contributed by atoms with E-state index in [9.17, 15) is 22.9 Å². The molecule has 0 unspecified atom stereocenters. The van der Waals surface area contributed by atoms with E-state index in [1.807, 2.05) is 6.92 Å². The zero-order valence-electron chi connectivity index (χ0n) is 22.4. The van der Waals surface area contributed by atoms with Crippen LogP contribution in [0.15, 0.2) is 53.8 Å². The summed E-state index contributed by atoms with van der Waals surface area (Å²) in [6.45, 7) is 1.85. The van der Waals surface area contributed by atoms with E-state index in [-0.39, 0.29) is 68.5 Å². The van der Waals surface area contributed by atoms with Crippen molar-refractivity contribution in [1.82, 2.24) is 18.9 Å². The van der Waals surface area contributed by atoms with Crippen molar-refractivity contribution < 1.29 is 22.3 Å². The summed E-state index contributed by atoms with van der Waals surface area (Å²) in [6, 6.07) is 9.31. The molecule has 2 bridgehead atoms. The number of hydrogen-bond donors (Lipinski definition) is 1. The molecule has 3 aliphatic carbocycles. The fourth-order valence-electron chi connectivity index (χ4n) is 6.27. The van der Waals surface area contributed by atoms with Gasteiger partial charge in [-0.1, -0.05) is 17.7 Å². The standard InChI is InChI=1S/C29H27FN6O4S/c1-16-3-9-21(10-4-16)41(38,39)36-15-23(22-11-20(30)14-32-27(22)36)25-19(12-31)13-33-29(34-25)35-26-18-7-5-17(6-8-18)24(26)28(37)40-2/h3-4,9-11,13-15,17-18,24,26H,5-8H2,1-2H3,(H,33,34,35)/t17?,18?,24-,26+/m0/s1. The van der Waals surface area contributed by atoms with Gasteiger partial charge in [0.25, 0.3) is 10.0 Å². The topological polar surface area (TPSA) is 140 Å². The van der Waals surface area contributed by atoms with Crippen molar-refractivity contribution >= 4 is 33.0 Å². The number of pyridine rings is 1. The maximum Gasteiger partial charge on any atom is 0.311 e. The molecule has 0 radical (unpaired) electrons. The third kappa shape index (κ3) is 4.60. The van der Waals surface area contributed by atoms with Gasteiger partial charge in [0.2, 0.25) is 5.95 Å². The summed E-state index contributed by atoms with van der Waals surface area (Å²) in [4.78, 5) is 25.8. The van der Waals surface area contributed by atoms with Gasteiger partial charge < -0.3 is 10.1 Å². The minimum atomic E-state index is -4.12. The number of nitrogens with zero attached hydrogens (tertiary/aromatic N) is 5. The molecule has 7 rings (SSSR count). The van der Waals surface area contributed by atoms with Crippen LogP contribution in [-0.2, 0) is 19.6 Å². The van der Waals surface area contributed by atoms with Crippen molar-refractivity contribution in [2.24, 2.45) is 17.8 Å². The molecular formula is C29H27FN6O4S. The summed E-state index contributed by atoms with van der Waals surface area (Å²) < 4.78 is 47.8. The van der Waals surface area contributed by atoms with E-state index >= 15 is 0 Å². The number of carbonyl (C=O) groups excluding carboxylic acids is 1. The zero-order chi connectivity index (χ0) is 28.9. The molecule has 3 heterocycles. The first kappa shape index (κ1) is 26.8. The number of hydrogen-bond acceptors (Lipinski definition) is 9. The van der Waals surface area contributed by atoms with Crippen molar-refractivity contribution in [2.75, 3.05) is 12.4 Å². The van der Waals surface area contributed by atoms with E-state index in [0.29, 0.717) is 0 Å². The molecule has 3 aliphatic rings. The lowest BCUT2D eigenvalue weighted by Gasteiger charge is -2.47. The lowest BCUT2D eigenvalue weighted by molar-refractivity contribution is -0.152. The third-order valence-electron chi connectivity index (χ3n) is 8.31. The lowest BCUT2D eigenvalue weighted by atomic mass is 9.61. The monoisotopic (exact) mass is 574 g/mol. The van der Waals surface area contributed by atoms with Gasteiger partial charge in [-0.05, 0) is 62.6 Å². The number of esters is 1. The molecule has 0 aliphatic heterocycles. The fraction of sp³-hybridized carbons (Fsp3) is 0.345. The van der Waals surface area contributed by atoms with Crippen LogP contribution in [0.5, 0.6) is 0 Å². The van der Waals surface area contributed by atoms with Gasteiger partial charge in [0, 0.05) is 23.2 Å². The van der Waals surface area contributed by atoms with E-state index in [1.54, 1.807) is 12.1 Å². The maximum atomic E-state index is 14.4. The Hall–Kier alpha value is -4.37. The average Bonchev–Trinajstić information content (AvgIpc) is 3.37. The number of benzene rings is 1. The van der Waals surface area contributed by atoms with Gasteiger partial charge in [-0.25, -0.2) is 31.7 Å². The second kappa shape index (κ2) is 10.2. The molecule has 0 amide bonds. The van der Waals surface area contributed by atoms with Gasteiger partial charge in [-0.15, -0.1) is 0 Å². The van der Waals surface area contributed by atoms with E-state index < -0.39 is 15.8 Å². The Balaban J connectivity index is 1.47. The smallest absolute Gasteiger partial charge is 0.311 e. The molecule has 4 aromatic rings. The maximum absolute atomic E-state index is 14.4. The highest BCUT2D eigenvalue weighted by Gasteiger charge is 2.48. The zero-order valence-corrected chi connectivity index (χ0v) is 23.2. The van der Waals surface area contributed by atoms with Crippen LogP contribution in [0.3, 0.4) is 0 Å². The SMILES string of the molecule is COC(=O)[C@H]1C2CCC(CC2)[C@H]1Nc1ncc(C#N)c(-c2cn(S(=O)(=O)c3ccc(C)cc3)c3ncc(F)cc23)n1. The van der Waals surface area contributed by atoms with Crippen molar-refractivity contribution in [2.45, 2.75) is 43.5 Å². The first-order valence-corrected chi connectivity index (χ1v) is 14.8. The summed E-state index contributed by atoms with van der Waals surface area (Å²) >= 11 is 0. The molecule has 3 saturated carbocycles. The van der Waals surface area contributed by atoms with Gasteiger partial charge in [-0.3, -0.25) is 4.79 Å². The number of halogens is 1. The van der Waals surface area contributed by atoms with Gasteiger partial charge in [0.1, 0.15) is 11.9 Å². The van der Waals surface area contributed by atoms with E-state index in [0.717, 1.165) is 41.4 Å². The number of anilines is 1. The summed E-state index contributed by atoms with van der Waals surface area (Å²) in [6.07, 6.45) is 7.42. The molecule has 1 aromatic carbocycles. The van der Waals surface area contributed by atoms with Crippen LogP contribution in [0, 0.1) is 41.8 Å². The first-order chi connectivity index (χ1) is 19.7. The van der Waals surface area contributed by atoms with Gasteiger partial charge in [-0.2, -0.15) is 5.26 Å². The minimum absolute atomic E-state index is 0.00525. The Morgan fingerprint density at radius 2 is 1.83 bits per heavy atom. The quantitative estimate of drug-likeness (QED) is 0.331. The Kier molecular flexibility index (Phi) is 6.69. The summed E-state index contributed by atoms with van der Waals surface area (Å²) in [7, 11) is -2.74. The molecule has 10 nitrogen and oxygen atoms in total. The van der Waals surface area contributed by atoms with Crippen LogP contribution < -0.4 is 5.32 Å². The highest BCUT2D eigenvalue weighted by atomic mass is 32.2. The number of fused-ring (bicyclic) bond motifs is 4. The average molecular weight is 575 g/mol. The number of rotatable bonds is 6. The number of carbonyl (C=O) groups is 1. The van der Waals surface area contributed by atoms with E-state index in [2.05, 4.69) is 26.3 Å². The Morgan fingerprint density at radius 3 is 2.51 bits per heavy atom. The van der Waals surface area contributed by atoms with E-state index in [1.165, 1.54) is 37.7 Å². The highest BCUT2D eigenvalue weighted by molar-refractivity contribution is 7.90. The molecule has 0 saturated heterocycles. The second-order valence-corrected chi connectivity index (χ2v) is 12.5. The molecule has 0 spiro atoms. The number of aromatic nitrogens is 4. The number of methoxy groups -OCH3 is 1. The second-order valence-electron chi connectivity index (χ2n) is 10.6. The molecular weight excluding hydrogens is 547 g/mol. The number of nitriles is 1. The van der Waals surface area contributed by atoms with Crippen LogP contribution in [0.4, 0.5) is 10.3 Å². The van der Waals surface area contributed by atoms with Crippen LogP contribution in [-0.4, -0.2) is 46.5 Å². The van der Waals surface area contributed by atoms with Crippen LogP contribution in [0.25, 0.3) is 22.3 Å². The Bertz CT molecular complexity index is 1810. The molecule has 3 fully saturated rings. The van der Waals surface area contributed by atoms with Crippen molar-refractivity contribution in [3.05, 3.63) is 65.9 Å². The van der Waals surface area contributed by atoms with Gasteiger partial charge in [0.05, 0.1) is 41.6 Å². The van der Waals surface area contributed by atoms with Crippen molar-refractivity contribution in [3.8, 4) is 17.3 Å². The Morgan fingerprint density at radius 1 is 1.12 bits per heavy atom. The number of ether oxygens (including phenoxy) is 1. The van der Waals surface area contributed by atoms with Crippen LogP contribution in [0.1, 0.15) is 36.8 Å². The van der Waals surface area contributed by atoms with Crippen molar-refractivity contribution in [1.29, 1.82) is 5.26 Å². The lowest BCUT2D eigenvalue weighted by Crippen LogP contribution is -2.52. The summed E-state index contributed by atoms with van der Waals surface area (Å²) in [5, 5.41) is 13.4. The number of aryl methyl sites for hydroxylation is 1. The molecule has 12 heteroatoms. The van der Waals surface area contributed by atoms with Crippen LogP contribution >= 0.6 is 0 Å². The van der Waals surface area contributed by atoms with Crippen LogP contribution in [0.2, 0.25) is 0 Å². The van der Waals surface area contributed by atoms with Gasteiger partial charge in [0.15, 0.2) is 5.65 Å². The van der Waals surface area contributed by atoms with E-state index in [4.69, 9.17) is 4.74 Å². The summed E-state index contributed by atoms with van der Waals surface area (Å²) in [5.41, 5.74) is 1.29. The summed E-state index contributed by atoms with van der Waals surface area (Å²) in [5.74, 6) is -0.702. The molecule has 210 valence electrons. The minimum Gasteiger partial charge on any atom is -0.469 e. The molecule has 3 aromatic heterocycles. The predicted octanol–water partition coefficient (Wildman–Crippen LogP) is 4.44. The predicted molar refractivity (Wildman–Crippen MR) is 148 cm³/mol. The van der Waals surface area contributed by atoms with Gasteiger partial charge >= 0.3 is 5.97 Å². The first-order valence-electron chi connectivity index (χ1n) is 13.3. The normalized spacial score (nSPS) is 21.9. The molecule has 41 heavy (non-hydrogen) atoms. The molecule has 2 atom stereocenters. The van der Waals surface area contributed by atoms with Crippen molar-refractivity contribution in [3.63, 3.8) is 0 Å². The third-order valence-corrected chi connectivity index (χ3v) is 9.97. The Labute approximate surface area is 236 Å². The fourth-order valence-corrected chi connectivity index (χ4v) is 7.59.